The fourth-order valence-corrected chi connectivity index (χ4v) is 2.69. The lowest BCUT2D eigenvalue weighted by Gasteiger charge is -1.86. The van der Waals surface area contributed by atoms with Crippen LogP contribution in [0.3, 0.4) is 0 Å². The van der Waals surface area contributed by atoms with Crippen LogP contribution in [-0.4, -0.2) is 15.8 Å². The molecule has 0 spiro atoms. The predicted octanol–water partition coefficient (Wildman–Crippen LogP) is 2.78. The van der Waals surface area contributed by atoms with Gasteiger partial charge in [-0.15, -0.1) is 22.7 Å². The van der Waals surface area contributed by atoms with E-state index in [1.54, 1.807) is 16.7 Å². The Morgan fingerprint density at radius 2 is 1.86 bits per heavy atom. The summed E-state index contributed by atoms with van der Waals surface area (Å²) in [7, 11) is 0. The first-order chi connectivity index (χ1) is 6.66. The molecule has 0 aliphatic heterocycles. The van der Waals surface area contributed by atoms with Gasteiger partial charge in [-0.1, -0.05) is 0 Å². The van der Waals surface area contributed by atoms with Gasteiger partial charge in [-0.2, -0.15) is 0 Å². The highest BCUT2D eigenvalue weighted by Crippen LogP contribution is 2.26. The number of carbonyl (C=O) groups is 1. The van der Waals surface area contributed by atoms with Crippen molar-refractivity contribution in [2.24, 2.45) is 0 Å². The zero-order valence-corrected chi connectivity index (χ0v) is 9.41. The number of aromatic nitrogens is 2. The number of Topliss-reactive ketones (excluding diaryl/α,β-unsaturated/α-hetero) is 1. The monoisotopic (exact) mass is 224 g/mol. The first-order valence-electron chi connectivity index (χ1n) is 4.06. The second kappa shape index (κ2) is 3.59. The van der Waals surface area contributed by atoms with E-state index in [9.17, 15) is 4.79 Å². The largest absolute Gasteiger partial charge is 0.293 e. The van der Waals surface area contributed by atoms with Crippen molar-refractivity contribution < 1.29 is 4.79 Å². The lowest BCUT2D eigenvalue weighted by molar-refractivity contribution is 0.101. The van der Waals surface area contributed by atoms with Gasteiger partial charge in [-0.05, 0) is 6.92 Å². The van der Waals surface area contributed by atoms with Gasteiger partial charge in [-0.25, -0.2) is 9.97 Å². The summed E-state index contributed by atoms with van der Waals surface area (Å²) in [4.78, 5) is 19.5. The Morgan fingerprint density at radius 3 is 2.36 bits per heavy atom. The van der Waals surface area contributed by atoms with Crippen molar-refractivity contribution in [2.75, 3.05) is 0 Å². The summed E-state index contributed by atoms with van der Waals surface area (Å²) in [5, 5.41) is 5.46. The SMILES string of the molecule is CC(=O)c1csc(-c2nc(C)cs2)n1. The van der Waals surface area contributed by atoms with E-state index in [1.165, 1.54) is 18.3 Å². The molecule has 0 unspecified atom stereocenters. The number of hydrogen-bond acceptors (Lipinski definition) is 5. The number of aryl methyl sites for hydroxylation is 1. The molecule has 2 heterocycles. The Morgan fingerprint density at radius 1 is 1.21 bits per heavy atom. The summed E-state index contributed by atoms with van der Waals surface area (Å²) in [6, 6.07) is 0. The van der Waals surface area contributed by atoms with Crippen LogP contribution in [0, 0.1) is 6.92 Å². The van der Waals surface area contributed by atoms with Crippen molar-refractivity contribution in [2.45, 2.75) is 13.8 Å². The number of nitrogens with zero attached hydrogens (tertiary/aromatic N) is 2. The summed E-state index contributed by atoms with van der Waals surface area (Å²) in [6.45, 7) is 3.46. The maximum atomic E-state index is 11.0. The van der Waals surface area contributed by atoms with E-state index in [-0.39, 0.29) is 5.78 Å². The zero-order chi connectivity index (χ0) is 10.1. The normalized spacial score (nSPS) is 10.4. The molecule has 5 heteroatoms. The molecule has 2 aromatic heterocycles. The highest BCUT2D eigenvalue weighted by molar-refractivity contribution is 7.19. The molecule has 0 aliphatic carbocycles. The molecular formula is C9H8N2OS2. The van der Waals surface area contributed by atoms with Crippen LogP contribution in [0.25, 0.3) is 10.0 Å². The Labute approximate surface area is 89.5 Å². The Hall–Kier alpha value is -1.07. The van der Waals surface area contributed by atoms with Crippen molar-refractivity contribution >= 4 is 28.5 Å². The van der Waals surface area contributed by atoms with Crippen LogP contribution in [0.15, 0.2) is 10.8 Å². The molecule has 0 saturated carbocycles. The van der Waals surface area contributed by atoms with Crippen molar-refractivity contribution in [3.63, 3.8) is 0 Å². The van der Waals surface area contributed by atoms with Crippen molar-refractivity contribution in [1.82, 2.24) is 9.97 Å². The van der Waals surface area contributed by atoms with E-state index in [0.29, 0.717) is 5.69 Å². The average molecular weight is 224 g/mol. The third-order valence-electron chi connectivity index (χ3n) is 1.67. The van der Waals surface area contributed by atoms with Crippen LogP contribution in [0.1, 0.15) is 23.1 Å². The van der Waals surface area contributed by atoms with Gasteiger partial charge < -0.3 is 0 Å². The third kappa shape index (κ3) is 1.73. The Kier molecular flexibility index (Phi) is 2.43. The smallest absolute Gasteiger partial charge is 0.178 e. The minimum atomic E-state index is 0.000720. The molecule has 14 heavy (non-hydrogen) atoms. The van der Waals surface area contributed by atoms with Crippen LogP contribution < -0.4 is 0 Å². The molecule has 72 valence electrons. The van der Waals surface area contributed by atoms with Crippen molar-refractivity contribution in [1.29, 1.82) is 0 Å². The molecular weight excluding hydrogens is 216 g/mol. The number of carbonyl (C=O) groups excluding carboxylic acids is 1. The van der Waals surface area contributed by atoms with Crippen molar-refractivity contribution in [3.8, 4) is 10.0 Å². The van der Waals surface area contributed by atoms with Gasteiger partial charge in [-0.3, -0.25) is 4.79 Å². The van der Waals surface area contributed by atoms with E-state index in [2.05, 4.69) is 9.97 Å². The molecule has 0 aromatic carbocycles. The standard InChI is InChI=1S/C9H8N2OS2/c1-5-3-13-8(10-5)9-11-7(4-14-9)6(2)12/h3-4H,1-2H3. The summed E-state index contributed by atoms with van der Waals surface area (Å²) >= 11 is 3.01. The second-order valence-electron chi connectivity index (χ2n) is 2.89. The molecule has 0 aliphatic rings. The molecule has 3 nitrogen and oxygen atoms in total. The van der Waals surface area contributed by atoms with Gasteiger partial charge in [0.05, 0.1) is 0 Å². The van der Waals surface area contributed by atoms with E-state index >= 15 is 0 Å². The molecule has 0 fully saturated rings. The highest BCUT2D eigenvalue weighted by atomic mass is 32.1. The fraction of sp³-hybridized carbons (Fsp3) is 0.222. The average Bonchev–Trinajstić information content (AvgIpc) is 2.70. The van der Waals surface area contributed by atoms with Gasteiger partial charge in [0.15, 0.2) is 15.8 Å². The molecule has 0 bridgehead atoms. The van der Waals surface area contributed by atoms with Crippen LogP contribution in [0.5, 0.6) is 0 Å². The summed E-state index contributed by atoms with van der Waals surface area (Å²) in [5.74, 6) is 0.000720. The van der Waals surface area contributed by atoms with Crippen LogP contribution in [0.2, 0.25) is 0 Å². The molecule has 0 saturated heterocycles. The summed E-state index contributed by atoms with van der Waals surface area (Å²) < 4.78 is 0. The van der Waals surface area contributed by atoms with Gasteiger partial charge in [0, 0.05) is 23.4 Å². The third-order valence-corrected chi connectivity index (χ3v) is 3.61. The van der Waals surface area contributed by atoms with Gasteiger partial charge in [0.2, 0.25) is 0 Å². The fourth-order valence-electron chi connectivity index (χ4n) is 0.986. The topological polar surface area (TPSA) is 42.9 Å². The Bertz CT molecular complexity index is 473. The van der Waals surface area contributed by atoms with E-state index in [4.69, 9.17) is 0 Å². The van der Waals surface area contributed by atoms with E-state index in [0.717, 1.165) is 15.7 Å². The molecule has 0 amide bonds. The van der Waals surface area contributed by atoms with E-state index in [1.807, 2.05) is 12.3 Å². The summed E-state index contributed by atoms with van der Waals surface area (Å²) in [6.07, 6.45) is 0. The number of thiazole rings is 2. The van der Waals surface area contributed by atoms with Gasteiger partial charge >= 0.3 is 0 Å². The first-order valence-corrected chi connectivity index (χ1v) is 5.81. The number of hydrogen-bond donors (Lipinski definition) is 0. The number of ketones is 1. The molecule has 2 aromatic rings. The molecule has 0 N–H and O–H groups in total. The minimum Gasteiger partial charge on any atom is -0.293 e. The quantitative estimate of drug-likeness (QED) is 0.737. The first kappa shape index (κ1) is 9.48. The lowest BCUT2D eigenvalue weighted by atomic mass is 10.4. The maximum Gasteiger partial charge on any atom is 0.178 e. The van der Waals surface area contributed by atoms with Gasteiger partial charge in [0.25, 0.3) is 0 Å². The predicted molar refractivity (Wildman–Crippen MR) is 58.0 cm³/mol. The second-order valence-corrected chi connectivity index (χ2v) is 4.60. The van der Waals surface area contributed by atoms with Crippen LogP contribution in [0.4, 0.5) is 0 Å². The van der Waals surface area contributed by atoms with Crippen LogP contribution >= 0.6 is 22.7 Å². The van der Waals surface area contributed by atoms with Gasteiger partial charge in [0.1, 0.15) is 5.69 Å². The molecule has 0 radical (unpaired) electrons. The lowest BCUT2D eigenvalue weighted by Crippen LogP contribution is -1.90. The Balaban J connectivity index is 2.38. The molecule has 0 atom stereocenters. The van der Waals surface area contributed by atoms with Crippen molar-refractivity contribution in [3.05, 3.63) is 22.1 Å². The number of rotatable bonds is 2. The summed E-state index contributed by atoms with van der Waals surface area (Å²) in [5.41, 5.74) is 1.52. The van der Waals surface area contributed by atoms with E-state index < -0.39 is 0 Å². The zero-order valence-electron chi connectivity index (χ0n) is 7.77. The highest BCUT2D eigenvalue weighted by Gasteiger charge is 2.10. The molecule has 2 rings (SSSR count). The van der Waals surface area contributed by atoms with Crippen LogP contribution in [-0.2, 0) is 0 Å². The maximum absolute atomic E-state index is 11.0. The minimum absolute atomic E-state index is 0.000720.